The fraction of sp³-hybridized carbons (Fsp3) is 0.0769. The quantitative estimate of drug-likeness (QED) is 0.772. The highest BCUT2D eigenvalue weighted by atomic mass is 32.1. The molecule has 0 aliphatic rings. The zero-order chi connectivity index (χ0) is 14.1. The Morgan fingerprint density at radius 2 is 1.90 bits per heavy atom. The van der Waals surface area contributed by atoms with Gasteiger partial charge in [-0.15, -0.1) is 11.3 Å². The summed E-state index contributed by atoms with van der Waals surface area (Å²) >= 11 is 1.49. The number of benzene rings is 1. The average Bonchev–Trinajstić information content (AvgIpc) is 2.89. The molecule has 3 aromatic rings. The van der Waals surface area contributed by atoms with Crippen LogP contribution in [0.1, 0.15) is 0 Å². The number of halogens is 2. The second-order valence-electron chi connectivity index (χ2n) is 4.06. The molecule has 3 rings (SSSR count). The molecule has 0 spiro atoms. The minimum atomic E-state index is -0.745. The van der Waals surface area contributed by atoms with Crippen LogP contribution >= 0.6 is 11.3 Å². The second-order valence-corrected chi connectivity index (χ2v) is 4.95. The van der Waals surface area contributed by atoms with Crippen LogP contribution < -0.4 is 10.6 Å². The van der Waals surface area contributed by atoms with Gasteiger partial charge in [-0.05, 0) is 18.2 Å². The number of pyridine rings is 1. The topological polar surface area (TPSA) is 49.8 Å². The summed E-state index contributed by atoms with van der Waals surface area (Å²) in [5, 5.41) is 5.42. The molecule has 0 radical (unpaired) electrons. The third kappa shape index (κ3) is 2.27. The number of thiazole rings is 1. The summed E-state index contributed by atoms with van der Waals surface area (Å²) in [4.78, 5) is 8.03. The molecule has 2 aromatic heterocycles. The first-order chi connectivity index (χ1) is 9.67. The van der Waals surface area contributed by atoms with Gasteiger partial charge in [-0.25, -0.2) is 18.7 Å². The van der Waals surface area contributed by atoms with E-state index < -0.39 is 11.6 Å². The lowest BCUT2D eigenvalue weighted by Crippen LogP contribution is -2.03. The largest absolute Gasteiger partial charge is 0.371 e. The Hall–Kier alpha value is -2.28. The lowest BCUT2D eigenvalue weighted by molar-refractivity contribution is 0.580. The first kappa shape index (κ1) is 12.7. The molecule has 0 saturated carbocycles. The number of nitrogens with zero attached hydrogens (tertiary/aromatic N) is 2. The summed E-state index contributed by atoms with van der Waals surface area (Å²) in [7, 11) is 1.52. The summed E-state index contributed by atoms with van der Waals surface area (Å²) < 4.78 is 28.0. The Balaban J connectivity index is 1.97. The predicted molar refractivity (Wildman–Crippen MR) is 76.6 cm³/mol. The molecule has 2 N–H and O–H groups in total. The zero-order valence-corrected chi connectivity index (χ0v) is 11.3. The SMILES string of the molecule is CNc1nc(Nc2ccc3ncsc3c2)c(F)cc1F. The molecule has 102 valence electrons. The van der Waals surface area contributed by atoms with Crippen LogP contribution in [-0.4, -0.2) is 17.0 Å². The monoisotopic (exact) mass is 292 g/mol. The van der Waals surface area contributed by atoms with E-state index in [4.69, 9.17) is 0 Å². The molecule has 0 bridgehead atoms. The number of anilines is 3. The van der Waals surface area contributed by atoms with Crippen molar-refractivity contribution >= 4 is 38.9 Å². The Bertz CT molecular complexity index is 772. The molecular formula is C13H10F2N4S. The predicted octanol–water partition coefficient (Wildman–Crippen LogP) is 3.75. The third-order valence-electron chi connectivity index (χ3n) is 2.76. The van der Waals surface area contributed by atoms with Gasteiger partial charge in [0.2, 0.25) is 0 Å². The van der Waals surface area contributed by atoms with Gasteiger partial charge in [0.25, 0.3) is 0 Å². The number of nitrogens with one attached hydrogen (secondary N) is 2. The van der Waals surface area contributed by atoms with Crippen molar-refractivity contribution in [3.05, 3.63) is 41.4 Å². The summed E-state index contributed by atoms with van der Waals surface area (Å²) in [5.74, 6) is -1.51. The number of rotatable bonds is 3. The second kappa shape index (κ2) is 5.01. The lowest BCUT2D eigenvalue weighted by atomic mass is 10.3. The first-order valence-corrected chi connectivity index (χ1v) is 6.69. The summed E-state index contributed by atoms with van der Waals surface area (Å²) in [6, 6.07) is 6.24. The first-order valence-electron chi connectivity index (χ1n) is 5.81. The van der Waals surface area contributed by atoms with Crippen molar-refractivity contribution in [2.75, 3.05) is 17.7 Å². The fourth-order valence-electron chi connectivity index (χ4n) is 1.80. The minimum absolute atomic E-state index is 0.00670. The third-order valence-corrected chi connectivity index (χ3v) is 3.55. The van der Waals surface area contributed by atoms with Crippen molar-refractivity contribution < 1.29 is 8.78 Å². The van der Waals surface area contributed by atoms with E-state index in [2.05, 4.69) is 20.6 Å². The van der Waals surface area contributed by atoms with Gasteiger partial charge in [0, 0.05) is 18.8 Å². The molecule has 0 fully saturated rings. The highest BCUT2D eigenvalue weighted by Crippen LogP contribution is 2.26. The van der Waals surface area contributed by atoms with E-state index in [-0.39, 0.29) is 11.6 Å². The number of hydrogen-bond donors (Lipinski definition) is 2. The zero-order valence-electron chi connectivity index (χ0n) is 10.4. The van der Waals surface area contributed by atoms with Gasteiger partial charge >= 0.3 is 0 Å². The van der Waals surface area contributed by atoms with E-state index in [1.807, 2.05) is 12.1 Å². The number of aromatic nitrogens is 2. The van der Waals surface area contributed by atoms with Gasteiger partial charge in [0.15, 0.2) is 23.3 Å². The molecule has 0 aliphatic carbocycles. The van der Waals surface area contributed by atoms with Gasteiger partial charge in [0.1, 0.15) is 0 Å². The highest BCUT2D eigenvalue weighted by Gasteiger charge is 2.11. The van der Waals surface area contributed by atoms with Crippen molar-refractivity contribution in [1.82, 2.24) is 9.97 Å². The smallest absolute Gasteiger partial charge is 0.169 e. The lowest BCUT2D eigenvalue weighted by Gasteiger charge is -2.09. The van der Waals surface area contributed by atoms with E-state index >= 15 is 0 Å². The van der Waals surface area contributed by atoms with E-state index in [0.717, 1.165) is 16.3 Å². The van der Waals surface area contributed by atoms with Crippen LogP contribution in [0.4, 0.5) is 26.1 Å². The van der Waals surface area contributed by atoms with Gasteiger partial charge in [-0.1, -0.05) is 0 Å². The van der Waals surface area contributed by atoms with Crippen LogP contribution in [-0.2, 0) is 0 Å². The molecule has 1 aromatic carbocycles. The molecule has 2 heterocycles. The summed E-state index contributed by atoms with van der Waals surface area (Å²) in [5.41, 5.74) is 3.29. The van der Waals surface area contributed by atoms with E-state index in [1.54, 1.807) is 11.6 Å². The molecular weight excluding hydrogens is 282 g/mol. The van der Waals surface area contributed by atoms with Crippen LogP contribution in [0, 0.1) is 11.6 Å². The average molecular weight is 292 g/mol. The maximum Gasteiger partial charge on any atom is 0.169 e. The van der Waals surface area contributed by atoms with E-state index in [9.17, 15) is 8.78 Å². The Labute approximate surface area is 117 Å². The van der Waals surface area contributed by atoms with E-state index in [1.165, 1.54) is 18.4 Å². The van der Waals surface area contributed by atoms with Crippen molar-refractivity contribution in [3.8, 4) is 0 Å². The molecule has 4 nitrogen and oxygen atoms in total. The molecule has 7 heteroatoms. The van der Waals surface area contributed by atoms with E-state index in [0.29, 0.717) is 5.69 Å². The van der Waals surface area contributed by atoms with Crippen LogP contribution in [0.2, 0.25) is 0 Å². The van der Waals surface area contributed by atoms with Gasteiger partial charge in [-0.3, -0.25) is 0 Å². The molecule has 0 aliphatic heterocycles. The van der Waals surface area contributed by atoms with Gasteiger partial charge in [-0.2, -0.15) is 0 Å². The van der Waals surface area contributed by atoms with Crippen LogP contribution in [0.5, 0.6) is 0 Å². The van der Waals surface area contributed by atoms with Crippen LogP contribution in [0.15, 0.2) is 29.8 Å². The fourth-order valence-corrected chi connectivity index (χ4v) is 2.52. The van der Waals surface area contributed by atoms with Crippen molar-refractivity contribution in [3.63, 3.8) is 0 Å². The Morgan fingerprint density at radius 1 is 1.10 bits per heavy atom. The van der Waals surface area contributed by atoms with Gasteiger partial charge < -0.3 is 10.6 Å². The van der Waals surface area contributed by atoms with Crippen molar-refractivity contribution in [2.24, 2.45) is 0 Å². The summed E-state index contributed by atoms with van der Waals surface area (Å²) in [6.45, 7) is 0. The molecule has 0 saturated heterocycles. The Kier molecular flexibility index (Phi) is 3.19. The Morgan fingerprint density at radius 3 is 2.70 bits per heavy atom. The maximum absolute atomic E-state index is 13.7. The van der Waals surface area contributed by atoms with Crippen molar-refractivity contribution in [2.45, 2.75) is 0 Å². The maximum atomic E-state index is 13.7. The molecule has 20 heavy (non-hydrogen) atoms. The molecule has 0 amide bonds. The minimum Gasteiger partial charge on any atom is -0.371 e. The summed E-state index contributed by atoms with van der Waals surface area (Å²) in [6.07, 6.45) is 0. The molecule has 0 unspecified atom stereocenters. The van der Waals surface area contributed by atoms with Gasteiger partial charge in [0.05, 0.1) is 15.7 Å². The van der Waals surface area contributed by atoms with Crippen LogP contribution in [0.3, 0.4) is 0 Å². The number of hydrogen-bond acceptors (Lipinski definition) is 5. The van der Waals surface area contributed by atoms with Crippen LogP contribution in [0.25, 0.3) is 10.2 Å². The normalized spacial score (nSPS) is 10.8. The molecule has 0 atom stereocenters. The number of fused-ring (bicyclic) bond motifs is 1. The standard InChI is InChI=1S/C13H10F2N4S/c1-16-12-8(14)5-9(15)13(19-12)18-7-2-3-10-11(4-7)20-6-17-10/h2-6H,1H3,(H2,16,18,19). The van der Waals surface area contributed by atoms with Crippen molar-refractivity contribution in [1.29, 1.82) is 0 Å². The highest BCUT2D eigenvalue weighted by molar-refractivity contribution is 7.16.